The standard InChI is InChI=1S/C21H30N4O/c1-6-25(7-2)18-8-9-19(16(5)12-18)24-21(26)17-10-11-22-20(13-17)23-14-15(3)4/h8-13,15H,6-7,14H2,1-5H3,(H,22,23)(H,24,26). The molecule has 26 heavy (non-hydrogen) atoms. The highest BCUT2D eigenvalue weighted by Crippen LogP contribution is 2.23. The van der Waals surface area contributed by atoms with Crippen LogP contribution in [0.5, 0.6) is 0 Å². The molecule has 1 aromatic heterocycles. The number of nitrogens with one attached hydrogen (secondary N) is 2. The lowest BCUT2D eigenvalue weighted by molar-refractivity contribution is 0.102. The van der Waals surface area contributed by atoms with Crippen molar-refractivity contribution in [3.63, 3.8) is 0 Å². The van der Waals surface area contributed by atoms with Gasteiger partial charge in [0.15, 0.2) is 0 Å². The molecule has 1 aromatic carbocycles. The summed E-state index contributed by atoms with van der Waals surface area (Å²) >= 11 is 0. The molecule has 0 aliphatic carbocycles. The Hall–Kier alpha value is -2.56. The first-order chi connectivity index (χ1) is 12.4. The van der Waals surface area contributed by atoms with Crippen molar-refractivity contribution >= 4 is 23.1 Å². The van der Waals surface area contributed by atoms with Gasteiger partial charge in [0.05, 0.1) is 0 Å². The Bertz CT molecular complexity index is 739. The third kappa shape index (κ3) is 5.22. The molecule has 140 valence electrons. The van der Waals surface area contributed by atoms with Gasteiger partial charge in [-0.1, -0.05) is 13.8 Å². The van der Waals surface area contributed by atoms with Gasteiger partial charge in [-0.3, -0.25) is 4.79 Å². The third-order valence-electron chi connectivity index (χ3n) is 4.30. The van der Waals surface area contributed by atoms with Crippen LogP contribution >= 0.6 is 0 Å². The average Bonchev–Trinajstić information content (AvgIpc) is 2.63. The minimum absolute atomic E-state index is 0.126. The number of hydrogen-bond donors (Lipinski definition) is 2. The van der Waals surface area contributed by atoms with E-state index in [1.165, 1.54) is 5.69 Å². The van der Waals surface area contributed by atoms with E-state index in [2.05, 4.69) is 60.3 Å². The second-order valence-electron chi connectivity index (χ2n) is 6.83. The largest absolute Gasteiger partial charge is 0.372 e. The molecule has 0 radical (unpaired) electrons. The van der Waals surface area contributed by atoms with E-state index in [4.69, 9.17) is 0 Å². The molecule has 0 fully saturated rings. The highest BCUT2D eigenvalue weighted by atomic mass is 16.1. The zero-order valence-corrected chi connectivity index (χ0v) is 16.5. The molecule has 0 saturated heterocycles. The number of hydrogen-bond acceptors (Lipinski definition) is 4. The monoisotopic (exact) mass is 354 g/mol. The van der Waals surface area contributed by atoms with Crippen molar-refractivity contribution < 1.29 is 4.79 Å². The van der Waals surface area contributed by atoms with E-state index >= 15 is 0 Å². The molecule has 2 N–H and O–H groups in total. The first kappa shape index (κ1) is 19.8. The summed E-state index contributed by atoms with van der Waals surface area (Å²) in [4.78, 5) is 19.2. The van der Waals surface area contributed by atoms with Gasteiger partial charge in [-0.25, -0.2) is 4.98 Å². The van der Waals surface area contributed by atoms with Crippen LogP contribution in [0.3, 0.4) is 0 Å². The molecule has 1 heterocycles. The molecular weight excluding hydrogens is 324 g/mol. The molecule has 0 atom stereocenters. The Kier molecular flexibility index (Phi) is 7.01. The van der Waals surface area contributed by atoms with Crippen LogP contribution in [0.4, 0.5) is 17.2 Å². The summed E-state index contributed by atoms with van der Waals surface area (Å²) in [5.41, 5.74) is 3.66. The summed E-state index contributed by atoms with van der Waals surface area (Å²) < 4.78 is 0. The van der Waals surface area contributed by atoms with Crippen molar-refractivity contribution in [3.05, 3.63) is 47.7 Å². The number of amides is 1. The number of nitrogens with zero attached hydrogens (tertiary/aromatic N) is 2. The first-order valence-electron chi connectivity index (χ1n) is 9.31. The summed E-state index contributed by atoms with van der Waals surface area (Å²) in [5, 5.41) is 6.26. The minimum Gasteiger partial charge on any atom is -0.372 e. The van der Waals surface area contributed by atoms with Gasteiger partial charge in [0, 0.05) is 42.8 Å². The predicted octanol–water partition coefficient (Wildman–Crippen LogP) is 4.56. The van der Waals surface area contributed by atoms with Crippen LogP contribution in [-0.2, 0) is 0 Å². The van der Waals surface area contributed by atoms with Crippen molar-refractivity contribution in [2.24, 2.45) is 5.92 Å². The van der Waals surface area contributed by atoms with Crippen LogP contribution in [-0.4, -0.2) is 30.5 Å². The second kappa shape index (κ2) is 9.22. The molecule has 0 unspecified atom stereocenters. The maximum Gasteiger partial charge on any atom is 0.255 e. The number of benzene rings is 1. The minimum atomic E-state index is -0.126. The smallest absolute Gasteiger partial charge is 0.255 e. The fourth-order valence-corrected chi connectivity index (χ4v) is 2.75. The summed E-state index contributed by atoms with van der Waals surface area (Å²) in [6.45, 7) is 13.3. The number of carbonyl (C=O) groups excluding carboxylic acids is 1. The van der Waals surface area contributed by atoms with Crippen molar-refractivity contribution in [1.29, 1.82) is 0 Å². The van der Waals surface area contributed by atoms with Gasteiger partial charge in [0.2, 0.25) is 0 Å². The van der Waals surface area contributed by atoms with E-state index < -0.39 is 0 Å². The fourth-order valence-electron chi connectivity index (χ4n) is 2.75. The van der Waals surface area contributed by atoms with Crippen LogP contribution in [0.25, 0.3) is 0 Å². The SMILES string of the molecule is CCN(CC)c1ccc(NC(=O)c2ccnc(NCC(C)C)c2)c(C)c1. The van der Waals surface area contributed by atoms with E-state index in [9.17, 15) is 4.79 Å². The van der Waals surface area contributed by atoms with Gasteiger partial charge < -0.3 is 15.5 Å². The molecular formula is C21H30N4O. The predicted molar refractivity (Wildman–Crippen MR) is 110 cm³/mol. The lowest BCUT2D eigenvalue weighted by atomic mass is 10.1. The summed E-state index contributed by atoms with van der Waals surface area (Å²) in [6, 6.07) is 9.66. The van der Waals surface area contributed by atoms with E-state index in [-0.39, 0.29) is 5.91 Å². The topological polar surface area (TPSA) is 57.3 Å². The first-order valence-corrected chi connectivity index (χ1v) is 9.31. The van der Waals surface area contributed by atoms with Crippen LogP contribution < -0.4 is 15.5 Å². The molecule has 0 aliphatic heterocycles. The number of pyridine rings is 1. The third-order valence-corrected chi connectivity index (χ3v) is 4.30. The van der Waals surface area contributed by atoms with Gasteiger partial charge >= 0.3 is 0 Å². The quantitative estimate of drug-likeness (QED) is 0.730. The molecule has 2 aromatic rings. The van der Waals surface area contributed by atoms with E-state index in [0.717, 1.165) is 36.7 Å². The Morgan fingerprint density at radius 1 is 1.15 bits per heavy atom. The Morgan fingerprint density at radius 2 is 1.88 bits per heavy atom. The molecule has 1 amide bonds. The summed E-state index contributed by atoms with van der Waals surface area (Å²) in [5.74, 6) is 1.11. The second-order valence-corrected chi connectivity index (χ2v) is 6.83. The maximum absolute atomic E-state index is 12.6. The van der Waals surface area contributed by atoms with Crippen LogP contribution in [0.1, 0.15) is 43.6 Å². The summed E-state index contributed by atoms with van der Waals surface area (Å²) in [7, 11) is 0. The summed E-state index contributed by atoms with van der Waals surface area (Å²) in [6.07, 6.45) is 1.66. The van der Waals surface area contributed by atoms with Crippen molar-refractivity contribution in [2.45, 2.75) is 34.6 Å². The van der Waals surface area contributed by atoms with E-state index in [0.29, 0.717) is 11.5 Å². The average molecular weight is 354 g/mol. The molecule has 5 nitrogen and oxygen atoms in total. The molecule has 2 rings (SSSR count). The molecule has 0 bridgehead atoms. The number of rotatable bonds is 8. The van der Waals surface area contributed by atoms with E-state index in [1.807, 2.05) is 13.0 Å². The Morgan fingerprint density at radius 3 is 2.50 bits per heavy atom. The molecule has 0 spiro atoms. The zero-order chi connectivity index (χ0) is 19.1. The van der Waals surface area contributed by atoms with Crippen molar-refractivity contribution in [3.8, 4) is 0 Å². The van der Waals surface area contributed by atoms with Gasteiger partial charge in [0.1, 0.15) is 5.82 Å². The number of aryl methyl sites for hydroxylation is 1. The highest BCUT2D eigenvalue weighted by molar-refractivity contribution is 6.05. The van der Waals surface area contributed by atoms with Crippen LogP contribution in [0, 0.1) is 12.8 Å². The van der Waals surface area contributed by atoms with Gasteiger partial charge in [-0.2, -0.15) is 0 Å². The van der Waals surface area contributed by atoms with Crippen LogP contribution in [0.15, 0.2) is 36.5 Å². The Labute approximate surface area is 156 Å². The molecule has 0 saturated carbocycles. The van der Waals surface area contributed by atoms with Crippen molar-refractivity contribution in [1.82, 2.24) is 4.98 Å². The number of aromatic nitrogens is 1. The number of anilines is 3. The van der Waals surface area contributed by atoms with Gasteiger partial charge in [0.25, 0.3) is 5.91 Å². The van der Waals surface area contributed by atoms with Gasteiger partial charge in [-0.15, -0.1) is 0 Å². The van der Waals surface area contributed by atoms with Crippen LogP contribution in [0.2, 0.25) is 0 Å². The Balaban J connectivity index is 2.11. The lowest BCUT2D eigenvalue weighted by Gasteiger charge is -2.22. The molecule has 5 heteroatoms. The normalized spacial score (nSPS) is 10.7. The van der Waals surface area contributed by atoms with E-state index in [1.54, 1.807) is 18.3 Å². The number of carbonyl (C=O) groups is 1. The zero-order valence-electron chi connectivity index (χ0n) is 16.5. The van der Waals surface area contributed by atoms with Gasteiger partial charge in [-0.05, 0) is 62.6 Å². The lowest BCUT2D eigenvalue weighted by Crippen LogP contribution is -2.22. The fraction of sp³-hybridized carbons (Fsp3) is 0.429. The molecule has 0 aliphatic rings. The maximum atomic E-state index is 12.6. The highest BCUT2D eigenvalue weighted by Gasteiger charge is 2.11. The van der Waals surface area contributed by atoms with Crippen molar-refractivity contribution in [2.75, 3.05) is 35.2 Å².